The summed E-state index contributed by atoms with van der Waals surface area (Å²) in [6, 6.07) is 17.8. The summed E-state index contributed by atoms with van der Waals surface area (Å²) in [5.41, 5.74) is 3.28. The van der Waals surface area contributed by atoms with E-state index in [0.717, 1.165) is 21.7 Å². The van der Waals surface area contributed by atoms with Crippen LogP contribution in [-0.4, -0.2) is 0 Å². The fourth-order valence-electron chi connectivity index (χ4n) is 2.27. The second-order valence-electron chi connectivity index (χ2n) is 5.65. The maximum Gasteiger partial charge on any atom is 4.00 e. The van der Waals surface area contributed by atoms with Gasteiger partial charge in [0.15, 0.2) is 0 Å². The Labute approximate surface area is 196 Å². The van der Waals surface area contributed by atoms with Crippen LogP contribution in [-0.2, 0) is 26.2 Å². The summed E-state index contributed by atoms with van der Waals surface area (Å²) in [4.78, 5) is 0. The first-order chi connectivity index (χ1) is 13.3. The molecule has 0 spiro atoms. The molecule has 2 heteroatoms. The summed E-state index contributed by atoms with van der Waals surface area (Å²) in [5.74, 6) is 0. The van der Waals surface area contributed by atoms with E-state index in [1.807, 2.05) is 119 Å². The zero-order chi connectivity index (χ0) is 19.2. The van der Waals surface area contributed by atoms with Crippen LogP contribution in [0.5, 0.6) is 0 Å². The Morgan fingerprint density at radius 1 is 0.679 bits per heavy atom. The number of halogens is 1. The third-order valence-electron chi connectivity index (χ3n) is 3.62. The average molecular weight is 462 g/mol. The number of hydrogen-bond donors (Lipinski definition) is 0. The minimum Gasteiger partial charge on any atom is -0.341 e. The topological polar surface area (TPSA) is 0 Å². The van der Waals surface area contributed by atoms with Crippen molar-refractivity contribution in [3.63, 3.8) is 0 Å². The van der Waals surface area contributed by atoms with Gasteiger partial charge in [-0.1, -0.05) is 47.5 Å². The minimum absolute atomic E-state index is 0. The van der Waals surface area contributed by atoms with Crippen LogP contribution >= 0.6 is 11.6 Å². The summed E-state index contributed by atoms with van der Waals surface area (Å²) in [6.07, 6.45) is 24.1. The van der Waals surface area contributed by atoms with Crippen LogP contribution in [0.2, 0.25) is 5.02 Å². The molecule has 2 fully saturated rings. The minimum atomic E-state index is 0. The van der Waals surface area contributed by atoms with Crippen LogP contribution in [0.25, 0.3) is 5.57 Å². The first-order valence-electron chi connectivity index (χ1n) is 8.86. The van der Waals surface area contributed by atoms with Gasteiger partial charge in [-0.15, -0.1) is 35.9 Å². The largest absolute Gasteiger partial charge is 4.00 e. The molecule has 10 radical (unpaired) electrons. The van der Waals surface area contributed by atoms with Gasteiger partial charge in [-0.25, -0.2) is 0 Å². The van der Waals surface area contributed by atoms with Gasteiger partial charge in [-0.05, 0) is 64.2 Å². The molecule has 4 rings (SSSR count). The molecule has 2 aromatic rings. The molecule has 0 saturated heterocycles. The van der Waals surface area contributed by atoms with Gasteiger partial charge >= 0.3 is 26.2 Å². The predicted octanol–water partition coefficient (Wildman–Crippen LogP) is 6.84. The van der Waals surface area contributed by atoms with E-state index >= 15 is 0 Å². The van der Waals surface area contributed by atoms with Crippen molar-refractivity contribution in [3.05, 3.63) is 148 Å². The molecular weight excluding hydrogens is 439 g/mol. The summed E-state index contributed by atoms with van der Waals surface area (Å²) < 4.78 is 0. The Balaban J connectivity index is 0.000000290. The molecule has 0 nitrogen and oxygen atoms in total. The molecule has 0 aromatic heterocycles. The molecule has 0 aliphatic heterocycles. The van der Waals surface area contributed by atoms with Gasteiger partial charge in [0.05, 0.1) is 0 Å². The van der Waals surface area contributed by atoms with Crippen LogP contribution in [0.4, 0.5) is 0 Å². The maximum absolute atomic E-state index is 5.87. The van der Waals surface area contributed by atoms with E-state index in [0.29, 0.717) is 6.42 Å². The molecule has 2 aromatic carbocycles. The van der Waals surface area contributed by atoms with E-state index in [1.54, 1.807) is 0 Å². The average Bonchev–Trinajstić information content (AvgIpc) is 3.47. The summed E-state index contributed by atoms with van der Waals surface area (Å²) in [7, 11) is 0. The van der Waals surface area contributed by atoms with Gasteiger partial charge < -0.3 is 6.92 Å². The molecule has 0 unspecified atom stereocenters. The molecular formula is C26H23ClZr+2. The zero-order valence-corrected chi connectivity index (χ0v) is 19.0. The fourth-order valence-corrected chi connectivity index (χ4v) is 2.39. The number of rotatable bonds is 3. The molecule has 2 aliphatic carbocycles. The Morgan fingerprint density at radius 3 is 1.50 bits per heavy atom. The van der Waals surface area contributed by atoms with Crippen molar-refractivity contribution >= 4 is 17.2 Å². The van der Waals surface area contributed by atoms with Gasteiger partial charge in [-0.2, -0.15) is 12.0 Å². The van der Waals surface area contributed by atoms with Gasteiger partial charge in [0.2, 0.25) is 0 Å². The predicted molar refractivity (Wildman–Crippen MR) is 117 cm³/mol. The van der Waals surface area contributed by atoms with Gasteiger partial charge in [0.25, 0.3) is 0 Å². The Hall–Kier alpha value is -0.647. The molecule has 2 aliphatic rings. The van der Waals surface area contributed by atoms with Crippen molar-refractivity contribution in [1.29, 1.82) is 0 Å². The van der Waals surface area contributed by atoms with Crippen LogP contribution in [0.1, 0.15) is 17.5 Å². The zero-order valence-electron chi connectivity index (χ0n) is 15.8. The molecule has 0 N–H and O–H groups in total. The quantitative estimate of drug-likeness (QED) is 0.346. The standard InChI is InChI=1S/C16H13Cl.2C5H5.Zr/c1-2-14(12-13-6-4-3-5-7-13)15-8-10-16(17)11-9-15;2*1-2-4-5-3-1;/h3-11H,1-2H2;2*1-5H;/q-2;;;+4. The third kappa shape index (κ3) is 10.8. The molecule has 28 heavy (non-hydrogen) atoms. The van der Waals surface area contributed by atoms with E-state index in [4.69, 9.17) is 11.6 Å². The summed E-state index contributed by atoms with van der Waals surface area (Å²) in [5, 5.41) is 0.747. The molecule has 0 bridgehead atoms. The summed E-state index contributed by atoms with van der Waals surface area (Å²) >= 11 is 5.87. The number of hydrogen-bond acceptors (Lipinski definition) is 0. The Bertz CT molecular complexity index is 613. The van der Waals surface area contributed by atoms with Crippen molar-refractivity contribution in [2.24, 2.45) is 0 Å². The normalized spacial score (nSPS) is 15.6. The first-order valence-corrected chi connectivity index (χ1v) is 9.24. The van der Waals surface area contributed by atoms with Crippen LogP contribution in [0.3, 0.4) is 0 Å². The van der Waals surface area contributed by atoms with E-state index in [-0.39, 0.29) is 26.2 Å². The van der Waals surface area contributed by atoms with Gasteiger partial charge in [0.1, 0.15) is 0 Å². The number of benzene rings is 2. The fraction of sp³-hybridized carbons (Fsp3) is 0.0385. The smallest absolute Gasteiger partial charge is 0.341 e. The second-order valence-corrected chi connectivity index (χ2v) is 6.09. The van der Waals surface area contributed by atoms with Crippen molar-refractivity contribution < 1.29 is 26.2 Å². The van der Waals surface area contributed by atoms with Crippen molar-refractivity contribution in [2.75, 3.05) is 0 Å². The van der Waals surface area contributed by atoms with Crippen molar-refractivity contribution in [3.8, 4) is 0 Å². The molecule has 0 amide bonds. The number of allylic oxidation sites excluding steroid dienone is 1. The van der Waals surface area contributed by atoms with E-state index in [2.05, 4.69) is 13.0 Å². The van der Waals surface area contributed by atoms with Gasteiger partial charge in [0, 0.05) is 5.02 Å². The van der Waals surface area contributed by atoms with E-state index < -0.39 is 0 Å². The molecule has 0 atom stereocenters. The molecule has 2 saturated carbocycles. The third-order valence-corrected chi connectivity index (χ3v) is 3.87. The summed E-state index contributed by atoms with van der Waals surface area (Å²) in [6.45, 7) is 3.95. The van der Waals surface area contributed by atoms with Crippen molar-refractivity contribution in [1.82, 2.24) is 0 Å². The second kappa shape index (κ2) is 16.2. The molecule has 136 valence electrons. The SMILES string of the molecule is [CH2-]CC(=[C-]c1ccccc1)c1ccc(Cl)cc1.[CH]1[CH][CH][CH][CH]1.[CH]1[CH][CH][CH][CH]1.[Zr+4]. The van der Waals surface area contributed by atoms with E-state index in [9.17, 15) is 0 Å². The van der Waals surface area contributed by atoms with Crippen molar-refractivity contribution in [2.45, 2.75) is 6.42 Å². The van der Waals surface area contributed by atoms with Crippen LogP contribution in [0, 0.1) is 77.2 Å². The van der Waals surface area contributed by atoms with Crippen LogP contribution < -0.4 is 0 Å². The molecule has 0 heterocycles. The Morgan fingerprint density at radius 2 is 1.11 bits per heavy atom. The van der Waals surface area contributed by atoms with Gasteiger partial charge in [-0.3, -0.25) is 0 Å². The van der Waals surface area contributed by atoms with Crippen LogP contribution in [0.15, 0.2) is 54.6 Å². The monoisotopic (exact) mass is 460 g/mol. The van der Waals surface area contributed by atoms with E-state index in [1.165, 1.54) is 0 Å². The maximum atomic E-state index is 5.87. The first kappa shape index (κ1) is 25.4. The Kier molecular flexibility index (Phi) is 14.7.